The molecule has 0 spiro atoms. The first-order chi connectivity index (χ1) is 9.26. The highest BCUT2D eigenvalue weighted by atomic mass is 16.5. The molecule has 0 saturated carbocycles. The lowest BCUT2D eigenvalue weighted by atomic mass is 10.2. The molecule has 2 rings (SSSR count). The first kappa shape index (κ1) is 13.5. The van der Waals surface area contributed by atoms with Crippen LogP contribution in [-0.4, -0.2) is 44.3 Å². The van der Waals surface area contributed by atoms with Crippen molar-refractivity contribution in [2.75, 3.05) is 44.6 Å². The Morgan fingerprint density at radius 2 is 2.05 bits per heavy atom. The predicted octanol–water partition coefficient (Wildman–Crippen LogP) is 2.14. The van der Waals surface area contributed by atoms with Gasteiger partial charge in [-0.25, -0.2) is 4.98 Å². The average Bonchev–Trinajstić information content (AvgIpc) is 2.46. The number of anilines is 2. The van der Waals surface area contributed by atoms with Gasteiger partial charge in [0.25, 0.3) is 0 Å². The van der Waals surface area contributed by atoms with Gasteiger partial charge >= 0.3 is 0 Å². The van der Waals surface area contributed by atoms with Crippen molar-refractivity contribution in [3.8, 4) is 0 Å². The fourth-order valence-corrected chi connectivity index (χ4v) is 2.01. The van der Waals surface area contributed by atoms with Gasteiger partial charge < -0.3 is 15.0 Å². The monoisotopic (exact) mass is 260 g/mol. The first-order valence-electron chi connectivity index (χ1n) is 6.41. The quantitative estimate of drug-likeness (QED) is 0.806. The molecule has 19 heavy (non-hydrogen) atoms. The zero-order valence-electron chi connectivity index (χ0n) is 11.7. The summed E-state index contributed by atoms with van der Waals surface area (Å²) in [6.45, 7) is 1.66. The molecule has 0 bridgehead atoms. The van der Waals surface area contributed by atoms with Gasteiger partial charge in [-0.15, -0.1) is 0 Å². The van der Waals surface area contributed by atoms with Crippen molar-refractivity contribution in [1.29, 1.82) is 0 Å². The topological polar surface area (TPSA) is 50.3 Å². The summed E-state index contributed by atoms with van der Waals surface area (Å²) < 4.78 is 5.09. The number of benzene rings is 1. The van der Waals surface area contributed by atoms with Crippen LogP contribution in [0.5, 0.6) is 0 Å². The second kappa shape index (κ2) is 6.33. The number of rotatable bonds is 6. The Morgan fingerprint density at radius 3 is 2.79 bits per heavy atom. The molecular weight excluding hydrogens is 240 g/mol. The number of fused-ring (bicyclic) bond motifs is 1. The number of hydrogen-bond acceptors (Lipinski definition) is 5. The summed E-state index contributed by atoms with van der Waals surface area (Å²) in [4.78, 5) is 11.2. The van der Waals surface area contributed by atoms with Crippen molar-refractivity contribution in [3.05, 3.63) is 24.3 Å². The van der Waals surface area contributed by atoms with E-state index >= 15 is 0 Å². The zero-order chi connectivity index (χ0) is 13.7. The number of para-hydroxylation sites is 1. The average molecular weight is 260 g/mol. The minimum absolute atomic E-state index is 0.646. The van der Waals surface area contributed by atoms with Gasteiger partial charge in [0, 0.05) is 39.7 Å². The molecule has 0 radical (unpaired) electrons. The maximum absolute atomic E-state index is 5.09. The van der Waals surface area contributed by atoms with Gasteiger partial charge in [0.15, 0.2) is 0 Å². The van der Waals surface area contributed by atoms with Crippen molar-refractivity contribution in [1.82, 2.24) is 9.97 Å². The fraction of sp³-hybridized carbons (Fsp3) is 0.429. The van der Waals surface area contributed by atoms with E-state index in [0.717, 1.165) is 36.3 Å². The minimum Gasteiger partial charge on any atom is -0.385 e. The van der Waals surface area contributed by atoms with Crippen molar-refractivity contribution >= 4 is 22.7 Å². The minimum atomic E-state index is 0.646. The van der Waals surface area contributed by atoms with Crippen LogP contribution in [0.2, 0.25) is 0 Å². The number of ether oxygens (including phenoxy) is 1. The van der Waals surface area contributed by atoms with Crippen molar-refractivity contribution in [2.45, 2.75) is 6.42 Å². The van der Waals surface area contributed by atoms with E-state index in [9.17, 15) is 0 Å². The zero-order valence-corrected chi connectivity index (χ0v) is 11.7. The second-order valence-corrected chi connectivity index (χ2v) is 4.41. The fourth-order valence-electron chi connectivity index (χ4n) is 2.01. The van der Waals surface area contributed by atoms with Crippen LogP contribution < -0.4 is 10.2 Å². The number of methoxy groups -OCH3 is 1. The Morgan fingerprint density at radius 1 is 1.26 bits per heavy atom. The lowest BCUT2D eigenvalue weighted by molar-refractivity contribution is 0.196. The molecule has 0 amide bonds. The molecule has 0 fully saturated rings. The van der Waals surface area contributed by atoms with Crippen LogP contribution in [0.3, 0.4) is 0 Å². The van der Waals surface area contributed by atoms with Crippen LogP contribution in [-0.2, 0) is 4.74 Å². The van der Waals surface area contributed by atoms with Gasteiger partial charge in [-0.3, -0.25) is 0 Å². The van der Waals surface area contributed by atoms with Crippen LogP contribution in [0.15, 0.2) is 24.3 Å². The highest BCUT2D eigenvalue weighted by molar-refractivity contribution is 5.90. The van der Waals surface area contributed by atoms with Crippen LogP contribution in [0.1, 0.15) is 6.42 Å². The molecule has 5 heteroatoms. The van der Waals surface area contributed by atoms with Crippen LogP contribution in [0.4, 0.5) is 11.8 Å². The molecule has 1 heterocycles. The third kappa shape index (κ3) is 3.12. The smallest absolute Gasteiger partial charge is 0.224 e. The highest BCUT2D eigenvalue weighted by Crippen LogP contribution is 2.24. The summed E-state index contributed by atoms with van der Waals surface area (Å²) in [5.41, 5.74) is 0.954. The van der Waals surface area contributed by atoms with Gasteiger partial charge in [-0.2, -0.15) is 4.98 Å². The summed E-state index contributed by atoms with van der Waals surface area (Å²) >= 11 is 0. The van der Waals surface area contributed by atoms with E-state index in [-0.39, 0.29) is 0 Å². The van der Waals surface area contributed by atoms with E-state index in [0.29, 0.717) is 5.95 Å². The van der Waals surface area contributed by atoms with Gasteiger partial charge in [0.05, 0.1) is 5.52 Å². The van der Waals surface area contributed by atoms with Crippen LogP contribution in [0, 0.1) is 0 Å². The van der Waals surface area contributed by atoms with Gasteiger partial charge in [-0.1, -0.05) is 12.1 Å². The van der Waals surface area contributed by atoms with E-state index in [1.54, 1.807) is 7.11 Å². The standard InChI is InChI=1S/C14H20N4O/c1-15-14-16-12-8-5-4-7-11(12)13(17-14)18(2)9-6-10-19-3/h4-5,7-8H,6,9-10H2,1-3H3,(H,15,16,17). The Balaban J connectivity index is 2.34. The maximum atomic E-state index is 5.09. The largest absolute Gasteiger partial charge is 0.385 e. The summed E-state index contributed by atoms with van der Waals surface area (Å²) in [5.74, 6) is 1.60. The first-order valence-corrected chi connectivity index (χ1v) is 6.41. The summed E-state index contributed by atoms with van der Waals surface area (Å²) in [6.07, 6.45) is 0.972. The van der Waals surface area contributed by atoms with E-state index in [4.69, 9.17) is 4.74 Å². The molecule has 0 atom stereocenters. The third-order valence-electron chi connectivity index (χ3n) is 3.01. The molecule has 102 valence electrons. The SMILES string of the molecule is CNc1nc(N(C)CCCOC)c2ccccc2n1. The molecule has 0 aliphatic carbocycles. The molecule has 0 aliphatic heterocycles. The number of hydrogen-bond donors (Lipinski definition) is 1. The molecule has 0 unspecified atom stereocenters. The van der Waals surface area contributed by atoms with Crippen molar-refractivity contribution in [3.63, 3.8) is 0 Å². The molecule has 0 aliphatic rings. The van der Waals surface area contributed by atoms with Crippen LogP contribution >= 0.6 is 0 Å². The number of aromatic nitrogens is 2. The summed E-state index contributed by atoms with van der Waals surface area (Å²) in [5, 5.41) is 4.08. The van der Waals surface area contributed by atoms with Crippen LogP contribution in [0.25, 0.3) is 10.9 Å². The highest BCUT2D eigenvalue weighted by Gasteiger charge is 2.10. The molecule has 1 N–H and O–H groups in total. The molecule has 0 saturated heterocycles. The van der Waals surface area contributed by atoms with Gasteiger partial charge in [0.2, 0.25) is 5.95 Å². The normalized spacial score (nSPS) is 10.7. The lowest BCUT2D eigenvalue weighted by Gasteiger charge is -2.20. The molecular formula is C14H20N4O. The molecule has 1 aromatic carbocycles. The Kier molecular flexibility index (Phi) is 4.52. The van der Waals surface area contributed by atoms with E-state index < -0.39 is 0 Å². The summed E-state index contributed by atoms with van der Waals surface area (Å²) in [7, 11) is 5.60. The third-order valence-corrected chi connectivity index (χ3v) is 3.01. The molecule has 5 nitrogen and oxygen atoms in total. The van der Waals surface area contributed by atoms with Crippen molar-refractivity contribution < 1.29 is 4.74 Å². The maximum Gasteiger partial charge on any atom is 0.224 e. The van der Waals surface area contributed by atoms with Crippen molar-refractivity contribution in [2.24, 2.45) is 0 Å². The van der Waals surface area contributed by atoms with E-state index in [1.807, 2.05) is 32.3 Å². The molecule has 1 aromatic heterocycles. The van der Waals surface area contributed by atoms with E-state index in [2.05, 4.69) is 26.3 Å². The Bertz CT molecular complexity index is 544. The van der Waals surface area contributed by atoms with Gasteiger partial charge in [0.1, 0.15) is 5.82 Å². The molecule has 2 aromatic rings. The van der Waals surface area contributed by atoms with Gasteiger partial charge in [-0.05, 0) is 18.6 Å². The second-order valence-electron chi connectivity index (χ2n) is 4.41. The van der Waals surface area contributed by atoms with E-state index in [1.165, 1.54) is 0 Å². The lowest BCUT2D eigenvalue weighted by Crippen LogP contribution is -2.21. The predicted molar refractivity (Wildman–Crippen MR) is 78.8 cm³/mol. The Hall–Kier alpha value is -1.88. The summed E-state index contributed by atoms with van der Waals surface area (Å²) in [6, 6.07) is 8.06. The number of nitrogens with zero attached hydrogens (tertiary/aromatic N) is 3. The Labute approximate surface area is 113 Å². The number of nitrogens with one attached hydrogen (secondary N) is 1.